The Kier molecular flexibility index (Phi) is 2.32. The van der Waals surface area contributed by atoms with Crippen molar-refractivity contribution in [3.05, 3.63) is 42.0 Å². The summed E-state index contributed by atoms with van der Waals surface area (Å²) in [7, 11) is 1.76. The molecule has 0 bridgehead atoms. The lowest BCUT2D eigenvalue weighted by molar-refractivity contribution is 0.510. The van der Waals surface area contributed by atoms with E-state index in [9.17, 15) is 8.78 Å². The molecule has 5 nitrogen and oxygen atoms in total. The van der Waals surface area contributed by atoms with Gasteiger partial charge in [-0.05, 0) is 0 Å². The summed E-state index contributed by atoms with van der Waals surface area (Å²) in [5, 5.41) is 7.74. The minimum atomic E-state index is -0.896. The maximum atomic E-state index is 13.2. The molecule has 0 N–H and O–H groups in total. The Bertz CT molecular complexity index is 715. The van der Waals surface area contributed by atoms with Crippen LogP contribution in [-0.2, 0) is 13.6 Å². The van der Waals surface area contributed by atoms with E-state index >= 15 is 0 Å². The van der Waals surface area contributed by atoms with E-state index in [1.807, 2.05) is 0 Å². The van der Waals surface area contributed by atoms with E-state index in [0.717, 1.165) is 17.8 Å². The second-order valence-corrected chi connectivity index (χ2v) is 4.01. The predicted molar refractivity (Wildman–Crippen MR) is 59.8 cm³/mol. The van der Waals surface area contributed by atoms with Crippen molar-refractivity contribution in [3.8, 4) is 0 Å². The lowest BCUT2D eigenvalue weighted by Crippen LogP contribution is -1.99. The van der Waals surface area contributed by atoms with Crippen LogP contribution in [-0.4, -0.2) is 24.5 Å². The fourth-order valence-electron chi connectivity index (χ4n) is 1.82. The topological polar surface area (TPSA) is 48.5 Å². The van der Waals surface area contributed by atoms with Gasteiger partial charge >= 0.3 is 0 Å². The summed E-state index contributed by atoms with van der Waals surface area (Å²) in [6.45, 7) is 0.412. The van der Waals surface area contributed by atoms with Gasteiger partial charge in [-0.15, -0.1) is 5.10 Å². The average molecular weight is 249 g/mol. The van der Waals surface area contributed by atoms with Crippen LogP contribution >= 0.6 is 0 Å². The third-order valence-electron chi connectivity index (χ3n) is 2.65. The number of hydrogen-bond acceptors (Lipinski definition) is 3. The van der Waals surface area contributed by atoms with E-state index in [0.29, 0.717) is 17.6 Å². The number of aryl methyl sites for hydroxylation is 1. The van der Waals surface area contributed by atoms with Crippen molar-refractivity contribution >= 4 is 11.0 Å². The van der Waals surface area contributed by atoms with Crippen LogP contribution in [0.2, 0.25) is 0 Å². The fraction of sp³-hybridized carbons (Fsp3) is 0.182. The first kappa shape index (κ1) is 10.8. The molecule has 0 unspecified atom stereocenters. The van der Waals surface area contributed by atoms with Crippen LogP contribution in [0.4, 0.5) is 8.78 Å². The van der Waals surface area contributed by atoms with Gasteiger partial charge in [0.2, 0.25) is 0 Å². The van der Waals surface area contributed by atoms with Crippen LogP contribution in [0.1, 0.15) is 5.69 Å². The molecule has 0 aliphatic rings. The van der Waals surface area contributed by atoms with Crippen LogP contribution in [0.25, 0.3) is 11.0 Å². The molecule has 0 aliphatic heterocycles. The molecule has 7 heteroatoms. The summed E-state index contributed by atoms with van der Waals surface area (Å²) in [4.78, 5) is 4.02. The zero-order valence-electron chi connectivity index (χ0n) is 9.51. The molecule has 3 aromatic rings. The zero-order chi connectivity index (χ0) is 12.7. The van der Waals surface area contributed by atoms with Gasteiger partial charge in [-0.25, -0.2) is 13.8 Å². The highest BCUT2D eigenvalue weighted by Gasteiger charge is 2.10. The van der Waals surface area contributed by atoms with Crippen LogP contribution in [0.3, 0.4) is 0 Å². The Labute approximate surface area is 101 Å². The Morgan fingerprint density at radius 1 is 1.22 bits per heavy atom. The van der Waals surface area contributed by atoms with E-state index in [1.54, 1.807) is 22.5 Å². The molecule has 0 saturated heterocycles. The van der Waals surface area contributed by atoms with Gasteiger partial charge < -0.3 is 4.57 Å². The molecule has 0 radical (unpaired) electrons. The number of benzene rings is 1. The van der Waals surface area contributed by atoms with Crippen molar-refractivity contribution in [2.24, 2.45) is 7.05 Å². The van der Waals surface area contributed by atoms with E-state index in [-0.39, 0.29) is 0 Å². The lowest BCUT2D eigenvalue weighted by atomic mass is 10.3. The van der Waals surface area contributed by atoms with Crippen LogP contribution in [0.5, 0.6) is 0 Å². The van der Waals surface area contributed by atoms with Crippen LogP contribution in [0, 0.1) is 11.6 Å². The molecule has 2 aromatic heterocycles. The zero-order valence-corrected chi connectivity index (χ0v) is 9.51. The Hall–Kier alpha value is -2.31. The van der Waals surface area contributed by atoms with Gasteiger partial charge in [0.1, 0.15) is 5.69 Å². The highest BCUT2D eigenvalue weighted by atomic mass is 19.2. The summed E-state index contributed by atoms with van der Waals surface area (Å²) in [6, 6.07) is 2.21. The molecule has 0 saturated carbocycles. The molecule has 92 valence electrons. The Morgan fingerprint density at radius 2 is 2.00 bits per heavy atom. The second-order valence-electron chi connectivity index (χ2n) is 4.01. The summed E-state index contributed by atoms with van der Waals surface area (Å²) in [6.07, 6.45) is 3.28. The third kappa shape index (κ3) is 1.73. The molecular formula is C11H9F2N5. The van der Waals surface area contributed by atoms with Gasteiger partial charge in [-0.1, -0.05) is 5.21 Å². The van der Waals surface area contributed by atoms with Gasteiger partial charge in [0.05, 0.1) is 23.9 Å². The van der Waals surface area contributed by atoms with Gasteiger partial charge in [-0.2, -0.15) is 0 Å². The largest absolute Gasteiger partial charge is 0.324 e. The Morgan fingerprint density at radius 3 is 2.72 bits per heavy atom. The third-order valence-corrected chi connectivity index (χ3v) is 2.65. The summed E-state index contributed by atoms with van der Waals surface area (Å²) in [5.41, 5.74) is 1.67. The summed E-state index contributed by atoms with van der Waals surface area (Å²) in [5.74, 6) is -1.78. The number of hydrogen-bond donors (Lipinski definition) is 0. The molecule has 0 spiro atoms. The minimum Gasteiger partial charge on any atom is -0.324 e. The van der Waals surface area contributed by atoms with E-state index < -0.39 is 11.6 Å². The molecule has 2 heterocycles. The van der Waals surface area contributed by atoms with Gasteiger partial charge in [-0.3, -0.25) is 4.68 Å². The van der Waals surface area contributed by atoms with Crippen molar-refractivity contribution in [1.82, 2.24) is 24.5 Å². The minimum absolute atomic E-state index is 0.412. The smallest absolute Gasteiger partial charge is 0.161 e. The van der Waals surface area contributed by atoms with Crippen LogP contribution in [0.15, 0.2) is 24.7 Å². The van der Waals surface area contributed by atoms with Crippen molar-refractivity contribution in [2.75, 3.05) is 0 Å². The number of imidazole rings is 1. The number of halogens is 2. The lowest BCUT2D eigenvalue weighted by Gasteiger charge is -2.01. The molecular weight excluding hydrogens is 240 g/mol. The van der Waals surface area contributed by atoms with Gasteiger partial charge in [0.15, 0.2) is 11.6 Å². The van der Waals surface area contributed by atoms with E-state index in [1.165, 1.54) is 6.33 Å². The van der Waals surface area contributed by atoms with Crippen molar-refractivity contribution < 1.29 is 8.78 Å². The van der Waals surface area contributed by atoms with E-state index in [4.69, 9.17) is 0 Å². The highest BCUT2D eigenvalue weighted by molar-refractivity contribution is 5.75. The molecule has 0 amide bonds. The number of rotatable bonds is 2. The number of fused-ring (bicyclic) bond motifs is 1. The van der Waals surface area contributed by atoms with Crippen molar-refractivity contribution in [3.63, 3.8) is 0 Å². The molecule has 0 aliphatic carbocycles. The standard InChI is InChI=1S/C11H9F2N5/c1-17-4-7(15-16-17)5-18-6-14-10-2-8(12)9(13)3-11(10)18/h2-4,6H,5H2,1H3. The van der Waals surface area contributed by atoms with Crippen molar-refractivity contribution in [1.29, 1.82) is 0 Å². The molecule has 18 heavy (non-hydrogen) atoms. The first-order valence-corrected chi connectivity index (χ1v) is 5.28. The van der Waals surface area contributed by atoms with Crippen molar-refractivity contribution in [2.45, 2.75) is 6.54 Å². The monoisotopic (exact) mass is 249 g/mol. The fourth-order valence-corrected chi connectivity index (χ4v) is 1.82. The highest BCUT2D eigenvalue weighted by Crippen LogP contribution is 2.18. The summed E-state index contributed by atoms with van der Waals surface area (Å²) < 4.78 is 29.5. The quantitative estimate of drug-likeness (QED) is 0.691. The molecule has 0 atom stereocenters. The second kappa shape index (κ2) is 3.86. The molecule has 0 fully saturated rings. The average Bonchev–Trinajstić information content (AvgIpc) is 2.89. The maximum Gasteiger partial charge on any atom is 0.161 e. The molecule has 1 aromatic carbocycles. The number of aromatic nitrogens is 5. The van der Waals surface area contributed by atoms with Gasteiger partial charge in [0.25, 0.3) is 0 Å². The maximum absolute atomic E-state index is 13.2. The Balaban J connectivity index is 2.04. The van der Waals surface area contributed by atoms with Crippen LogP contribution < -0.4 is 0 Å². The van der Waals surface area contributed by atoms with E-state index in [2.05, 4.69) is 15.3 Å². The predicted octanol–water partition coefficient (Wildman–Crippen LogP) is 1.49. The normalized spacial score (nSPS) is 11.3. The SMILES string of the molecule is Cn1cc(Cn2cnc3cc(F)c(F)cc32)nn1. The summed E-state index contributed by atoms with van der Waals surface area (Å²) >= 11 is 0. The van der Waals surface area contributed by atoms with Gasteiger partial charge in [0, 0.05) is 25.4 Å². The first-order chi connectivity index (χ1) is 8.63. The first-order valence-electron chi connectivity index (χ1n) is 5.28. The molecule has 3 rings (SSSR count). The number of nitrogens with zero attached hydrogens (tertiary/aromatic N) is 5.